The first-order chi connectivity index (χ1) is 52.5. The van der Waals surface area contributed by atoms with E-state index in [0.29, 0.717) is 156 Å². The average molecular weight is 1530 g/mol. The number of pyridine rings is 6. The predicted molar refractivity (Wildman–Crippen MR) is 416 cm³/mol. The van der Waals surface area contributed by atoms with Gasteiger partial charge in [0.05, 0.1) is 54.6 Å². The van der Waals surface area contributed by atoms with Crippen molar-refractivity contribution in [1.82, 2.24) is 64.6 Å². The van der Waals surface area contributed by atoms with Crippen LogP contribution in [0.5, 0.6) is 0 Å². The van der Waals surface area contributed by atoms with Crippen LogP contribution in [0.4, 0.5) is 0 Å². The van der Waals surface area contributed by atoms with E-state index in [-0.39, 0.29) is 112 Å². The number of hydrogen-bond acceptors (Lipinski definition) is 19. The van der Waals surface area contributed by atoms with Crippen molar-refractivity contribution in [2.45, 2.75) is 254 Å². The second-order valence-corrected chi connectivity index (χ2v) is 28.0. The van der Waals surface area contributed by atoms with Crippen LogP contribution in [0.25, 0.3) is 33.1 Å². The SMILES string of the molecule is CC.CCn1cc(C(=O)NCCCCCC(=O)N2C[C@H](O)C[C@H]2C)c(=O)c2ccc(C)nc21.CCn1cc(C(=O)NCCCCCC(=O)N2C[C@H](OC(=O)CCC(=O)NC)C[C@H]2C)c(=O)c2ccc(C)nc21.CCn1cc(C(=O)NCCCCCC(=O)N2C[C@H](OC(=O)CCC(=O)O)C[C@H]2C)c(=O)c2ccc(C)nc21. The molecule has 30 nitrogen and oxygen atoms in total. The Morgan fingerprint density at radius 1 is 0.445 bits per heavy atom. The van der Waals surface area contributed by atoms with Gasteiger partial charge in [0.2, 0.25) is 39.9 Å². The number of esters is 2. The van der Waals surface area contributed by atoms with E-state index in [0.717, 1.165) is 49.2 Å². The zero-order valence-electron chi connectivity index (χ0n) is 66.0. The highest BCUT2D eigenvalue weighted by Gasteiger charge is 2.36. The van der Waals surface area contributed by atoms with E-state index in [1.807, 2.05) is 80.7 Å². The molecule has 9 heterocycles. The Balaban J connectivity index is 0.000000256. The van der Waals surface area contributed by atoms with Gasteiger partial charge in [0, 0.05) is 145 Å². The molecule has 6 aromatic heterocycles. The number of ether oxygens (including phenoxy) is 2. The number of aryl methyl sites for hydroxylation is 6. The molecule has 3 aliphatic rings. The smallest absolute Gasteiger partial charge is 0.306 e. The first kappa shape index (κ1) is 88.6. The van der Waals surface area contributed by atoms with Gasteiger partial charge in [-0.1, -0.05) is 33.1 Å². The summed E-state index contributed by atoms with van der Waals surface area (Å²) in [6.45, 7) is 25.3. The lowest BCUT2D eigenvalue weighted by molar-refractivity contribution is -0.152. The molecule has 6 atom stereocenters. The number of aliphatic carboxylic acids is 1. The van der Waals surface area contributed by atoms with E-state index in [4.69, 9.17) is 14.6 Å². The number of rotatable bonds is 32. The molecule has 0 aliphatic carbocycles. The number of unbranched alkanes of at least 4 members (excludes halogenated alkanes) is 6. The molecular weight excluding hydrogens is 1410 g/mol. The van der Waals surface area contributed by atoms with Crippen molar-refractivity contribution in [3.63, 3.8) is 0 Å². The highest BCUT2D eigenvalue weighted by Crippen LogP contribution is 2.25. The van der Waals surface area contributed by atoms with E-state index in [1.54, 1.807) is 78.8 Å². The summed E-state index contributed by atoms with van der Waals surface area (Å²) in [5.74, 6) is -3.43. The third-order valence-electron chi connectivity index (χ3n) is 19.6. The van der Waals surface area contributed by atoms with E-state index < -0.39 is 41.9 Å². The number of carbonyl (C=O) groups excluding carboxylic acids is 9. The molecule has 0 unspecified atom stereocenters. The summed E-state index contributed by atoms with van der Waals surface area (Å²) in [7, 11) is 1.52. The fraction of sp³-hybridized carbons (Fsp3) is 0.575. The van der Waals surface area contributed by atoms with Crippen LogP contribution in [0, 0.1) is 20.8 Å². The van der Waals surface area contributed by atoms with Crippen molar-refractivity contribution in [2.24, 2.45) is 0 Å². The van der Waals surface area contributed by atoms with E-state index in [2.05, 4.69) is 36.2 Å². The fourth-order valence-corrected chi connectivity index (χ4v) is 13.6. The number of aliphatic hydroxyl groups excluding tert-OH is 1. The van der Waals surface area contributed by atoms with Crippen molar-refractivity contribution in [3.05, 3.63) is 119 Å². The standard InChI is InChI=1S/C28H39N5O6.C27H36N4O7.C23H32N4O4.C2H6/c1-5-32-17-22(26(37)21-11-10-18(2)31-27(21)32)28(38)30-14-8-6-7-9-24(35)33-16-20(15-19(33)3)39-25(36)13-12-23(34)29-4;1-4-30-16-21(25(36)20-10-9-17(2)29-26(20)30)27(37)28-13-7-5-6-8-22(32)31-15-19(14-18(31)3)38-24(35)12-11-23(33)34;1-4-26-14-19(21(30)18-10-9-15(2)25-22(18)26)23(31)24-11-7-5-6-8-20(29)27-13-17(28)12-16(27)3;1-2/h10-11,17,19-20H,5-9,12-16H2,1-4H3,(H,29,34)(H,30,38);9-10,16,18-19H,4-8,11-15H2,1-3H3,(H,28,37)(H,33,34);9-10,14,16-17,28H,4-8,11-13H2,1-3H3,(H,24,31);1-2H3/t19-,20-;18-,19-;16-,17-;/m111./s1. The molecule has 30 heteroatoms. The Morgan fingerprint density at radius 3 is 1.06 bits per heavy atom. The zero-order valence-corrected chi connectivity index (χ0v) is 66.0. The number of carboxylic acid groups (broad SMARTS) is 1. The summed E-state index contributed by atoms with van der Waals surface area (Å²) in [4.78, 5) is 178. The van der Waals surface area contributed by atoms with Gasteiger partial charge in [-0.25, -0.2) is 15.0 Å². The lowest BCUT2D eigenvalue weighted by atomic mass is 10.1. The molecular formula is C80H113N13O17. The van der Waals surface area contributed by atoms with Gasteiger partial charge >= 0.3 is 17.9 Å². The Bertz CT molecular complexity index is 4420. The third-order valence-corrected chi connectivity index (χ3v) is 19.6. The molecule has 3 aliphatic heterocycles. The summed E-state index contributed by atoms with van der Waals surface area (Å²) < 4.78 is 16.2. The van der Waals surface area contributed by atoms with Gasteiger partial charge in [-0.05, 0) is 144 Å². The Hall–Kier alpha value is -10.3. The Labute approximate surface area is 641 Å². The number of amides is 7. The van der Waals surface area contributed by atoms with Crippen LogP contribution in [0.2, 0.25) is 0 Å². The second kappa shape index (κ2) is 43.8. The zero-order chi connectivity index (χ0) is 80.9. The van der Waals surface area contributed by atoms with Gasteiger partial charge in [0.15, 0.2) is 0 Å². The topological polar surface area (TPSA) is 392 Å². The summed E-state index contributed by atoms with van der Waals surface area (Å²) in [6, 6.07) is 10.4. The van der Waals surface area contributed by atoms with Crippen molar-refractivity contribution < 1.29 is 67.6 Å². The minimum absolute atomic E-state index is 0.00979. The summed E-state index contributed by atoms with van der Waals surface area (Å²) in [6.07, 6.45) is 12.4. The quantitative estimate of drug-likeness (QED) is 0.0176. The molecule has 0 bridgehead atoms. The summed E-state index contributed by atoms with van der Waals surface area (Å²) in [5.41, 5.74) is 3.46. The molecule has 0 radical (unpaired) electrons. The van der Waals surface area contributed by atoms with Crippen LogP contribution in [-0.2, 0) is 62.7 Å². The van der Waals surface area contributed by atoms with Crippen molar-refractivity contribution in [1.29, 1.82) is 0 Å². The highest BCUT2D eigenvalue weighted by atomic mass is 16.5. The van der Waals surface area contributed by atoms with Gasteiger partial charge in [-0.2, -0.15) is 0 Å². The summed E-state index contributed by atoms with van der Waals surface area (Å²) in [5, 5.41) is 30.5. The first-order valence-corrected chi connectivity index (χ1v) is 38.8. The van der Waals surface area contributed by atoms with E-state index >= 15 is 0 Å². The minimum atomic E-state index is -1.06. The van der Waals surface area contributed by atoms with E-state index in [9.17, 15) is 67.4 Å². The number of aromatic nitrogens is 6. The number of hydrogen-bond donors (Lipinski definition) is 6. The molecule has 7 amide bonds. The van der Waals surface area contributed by atoms with Crippen molar-refractivity contribution in [3.8, 4) is 0 Å². The number of nitrogens with one attached hydrogen (secondary N) is 4. The number of fused-ring (bicyclic) bond motifs is 3. The van der Waals surface area contributed by atoms with Gasteiger partial charge < -0.3 is 69.4 Å². The van der Waals surface area contributed by atoms with E-state index in [1.165, 1.54) is 7.05 Å². The summed E-state index contributed by atoms with van der Waals surface area (Å²) >= 11 is 0. The molecule has 6 aromatic rings. The van der Waals surface area contributed by atoms with Gasteiger partial charge in [0.25, 0.3) is 17.7 Å². The molecule has 0 spiro atoms. The lowest BCUT2D eigenvalue weighted by Crippen LogP contribution is -2.34. The average Bonchev–Trinajstić information content (AvgIpc) is 1.16. The second-order valence-electron chi connectivity index (χ2n) is 28.0. The van der Waals surface area contributed by atoms with Crippen molar-refractivity contribution >= 4 is 92.4 Å². The number of aliphatic hydroxyl groups is 1. The normalized spacial score (nSPS) is 17.1. The van der Waals surface area contributed by atoms with Crippen LogP contribution in [0.15, 0.2) is 69.4 Å². The monoisotopic (exact) mass is 1530 g/mol. The molecule has 0 aromatic carbocycles. The lowest BCUT2D eigenvalue weighted by Gasteiger charge is -2.21. The molecule has 3 saturated heterocycles. The third kappa shape index (κ3) is 25.4. The molecule has 110 heavy (non-hydrogen) atoms. The first-order valence-electron chi connectivity index (χ1n) is 38.8. The maximum absolute atomic E-state index is 12.9. The largest absolute Gasteiger partial charge is 0.481 e. The van der Waals surface area contributed by atoms with Crippen LogP contribution < -0.4 is 37.6 Å². The minimum Gasteiger partial charge on any atom is -0.481 e. The van der Waals surface area contributed by atoms with Gasteiger partial charge in [0.1, 0.15) is 45.8 Å². The Morgan fingerprint density at radius 2 is 0.764 bits per heavy atom. The predicted octanol–water partition coefficient (Wildman–Crippen LogP) is 7.51. The molecule has 0 saturated carbocycles. The molecule has 6 N–H and O–H groups in total. The maximum Gasteiger partial charge on any atom is 0.306 e. The maximum atomic E-state index is 12.9. The fourth-order valence-electron chi connectivity index (χ4n) is 13.6. The Kier molecular flexibility index (Phi) is 35.3. The molecule has 3 fully saturated rings. The van der Waals surface area contributed by atoms with Crippen LogP contribution in [0.1, 0.15) is 226 Å². The number of β-amino-alcohol motifs (C(OH)–C–C–N with tert-alkyl or cyclic N) is 1. The highest BCUT2D eigenvalue weighted by molar-refractivity contribution is 5.98. The van der Waals surface area contributed by atoms with Crippen LogP contribution in [0.3, 0.4) is 0 Å². The number of carbonyl (C=O) groups is 10. The van der Waals surface area contributed by atoms with Crippen molar-refractivity contribution in [2.75, 3.05) is 46.3 Å². The number of nitrogens with zero attached hydrogens (tertiary/aromatic N) is 9. The van der Waals surface area contributed by atoms with Crippen LogP contribution >= 0.6 is 0 Å². The molecule has 600 valence electrons. The molecule has 9 rings (SSSR count). The number of carboxylic acids is 1. The van der Waals surface area contributed by atoms with Gasteiger partial charge in [-0.15, -0.1) is 0 Å². The number of likely N-dealkylation sites (tertiary alicyclic amines) is 3. The van der Waals surface area contributed by atoms with Gasteiger partial charge in [-0.3, -0.25) is 62.3 Å². The van der Waals surface area contributed by atoms with Crippen LogP contribution in [-0.4, -0.2) is 196 Å².